The zero-order chi connectivity index (χ0) is 21.8. The summed E-state index contributed by atoms with van der Waals surface area (Å²) in [6, 6.07) is 10.1. The van der Waals surface area contributed by atoms with Crippen LogP contribution in [0.15, 0.2) is 41.3 Å². The van der Waals surface area contributed by atoms with E-state index in [0.29, 0.717) is 22.4 Å². The van der Waals surface area contributed by atoms with Gasteiger partial charge in [-0.05, 0) is 48.9 Å². The van der Waals surface area contributed by atoms with Crippen LogP contribution >= 0.6 is 24.0 Å². The molecule has 0 aliphatic carbocycles. The first-order chi connectivity index (χ1) is 14.4. The van der Waals surface area contributed by atoms with E-state index in [0.717, 1.165) is 11.8 Å². The normalized spacial score (nSPS) is 14.9. The number of methoxy groups -OCH3 is 2. The largest absolute Gasteiger partial charge is 0.545 e. The van der Waals surface area contributed by atoms with Gasteiger partial charge in [-0.1, -0.05) is 30.0 Å². The molecule has 7 nitrogen and oxygen atoms in total. The van der Waals surface area contributed by atoms with Gasteiger partial charge in [0.15, 0.2) is 15.8 Å². The molecule has 0 radical (unpaired) electrons. The van der Waals surface area contributed by atoms with Crippen LogP contribution in [-0.2, 0) is 4.79 Å². The number of anilines is 1. The molecule has 0 unspecified atom stereocenters. The quantitative estimate of drug-likeness (QED) is 0.476. The van der Waals surface area contributed by atoms with Crippen LogP contribution in [0, 0.1) is 0 Å². The van der Waals surface area contributed by atoms with Crippen LogP contribution in [0.2, 0.25) is 0 Å². The summed E-state index contributed by atoms with van der Waals surface area (Å²) < 4.78 is 16.1. The van der Waals surface area contributed by atoms with Crippen LogP contribution in [0.5, 0.6) is 17.2 Å². The van der Waals surface area contributed by atoms with Crippen LogP contribution in [0.25, 0.3) is 6.08 Å². The van der Waals surface area contributed by atoms with E-state index in [2.05, 4.69) is 0 Å². The van der Waals surface area contributed by atoms with Crippen molar-refractivity contribution in [2.45, 2.75) is 6.92 Å². The molecule has 0 spiro atoms. The van der Waals surface area contributed by atoms with Gasteiger partial charge in [0.2, 0.25) is 0 Å². The Bertz CT molecular complexity index is 1030. The van der Waals surface area contributed by atoms with Gasteiger partial charge in [0, 0.05) is 0 Å². The molecular weight excluding hydrogens is 426 g/mol. The number of carboxylic acids is 1. The number of benzene rings is 2. The topological polar surface area (TPSA) is 88.1 Å². The minimum absolute atomic E-state index is 0.0215. The highest BCUT2D eigenvalue weighted by molar-refractivity contribution is 8.27. The fourth-order valence-corrected chi connectivity index (χ4v) is 4.25. The summed E-state index contributed by atoms with van der Waals surface area (Å²) in [6.07, 6.45) is 1.46. The molecule has 156 valence electrons. The van der Waals surface area contributed by atoms with Crippen molar-refractivity contribution in [3.63, 3.8) is 0 Å². The molecule has 9 heteroatoms. The van der Waals surface area contributed by atoms with Gasteiger partial charge in [0.05, 0.1) is 43.0 Å². The first-order valence-corrected chi connectivity index (χ1v) is 10.1. The smallest absolute Gasteiger partial charge is 0.270 e. The molecule has 1 fully saturated rings. The Labute approximate surface area is 183 Å². The molecule has 1 saturated heterocycles. The van der Waals surface area contributed by atoms with E-state index in [-0.39, 0.29) is 33.4 Å². The maximum absolute atomic E-state index is 13.0. The van der Waals surface area contributed by atoms with E-state index in [9.17, 15) is 14.7 Å². The van der Waals surface area contributed by atoms with Gasteiger partial charge >= 0.3 is 0 Å². The summed E-state index contributed by atoms with van der Waals surface area (Å²) in [5.74, 6) is -0.845. The molecule has 1 amide bonds. The second kappa shape index (κ2) is 9.19. The molecule has 2 aromatic carbocycles. The van der Waals surface area contributed by atoms with Crippen molar-refractivity contribution in [3.8, 4) is 17.2 Å². The SMILES string of the molecule is CCOc1ccc(N2C(=O)/C(=C/c3ccc(OC)c(OC)c3C(=O)[O-])SC2=S)cc1. The Kier molecular flexibility index (Phi) is 6.63. The minimum Gasteiger partial charge on any atom is -0.545 e. The first-order valence-electron chi connectivity index (χ1n) is 8.88. The number of rotatable bonds is 7. The monoisotopic (exact) mass is 444 g/mol. The summed E-state index contributed by atoms with van der Waals surface area (Å²) in [5.41, 5.74) is 0.639. The lowest BCUT2D eigenvalue weighted by atomic mass is 10.0. The third kappa shape index (κ3) is 4.12. The summed E-state index contributed by atoms with van der Waals surface area (Å²) in [6.45, 7) is 2.42. The van der Waals surface area contributed by atoms with Crippen LogP contribution in [0.1, 0.15) is 22.8 Å². The Morgan fingerprint density at radius 3 is 2.43 bits per heavy atom. The molecule has 1 heterocycles. The second-order valence-corrected chi connectivity index (χ2v) is 7.67. The summed E-state index contributed by atoms with van der Waals surface area (Å²) in [7, 11) is 2.73. The molecule has 0 aromatic heterocycles. The summed E-state index contributed by atoms with van der Waals surface area (Å²) >= 11 is 6.45. The molecule has 3 rings (SSSR count). The predicted molar refractivity (Wildman–Crippen MR) is 117 cm³/mol. The number of hydrogen-bond donors (Lipinski definition) is 0. The molecule has 0 saturated carbocycles. The highest BCUT2D eigenvalue weighted by Crippen LogP contribution is 2.39. The number of thiocarbonyl (C=S) groups is 1. The van der Waals surface area contributed by atoms with Gasteiger partial charge in [0.25, 0.3) is 5.91 Å². The van der Waals surface area contributed by atoms with Gasteiger partial charge in [0.1, 0.15) is 5.75 Å². The van der Waals surface area contributed by atoms with E-state index in [1.165, 1.54) is 31.3 Å². The van der Waals surface area contributed by atoms with E-state index in [4.69, 9.17) is 26.4 Å². The second-order valence-electron chi connectivity index (χ2n) is 6.00. The van der Waals surface area contributed by atoms with Crippen LogP contribution in [-0.4, -0.2) is 37.0 Å². The summed E-state index contributed by atoms with van der Waals surface area (Å²) in [4.78, 5) is 26.4. The van der Waals surface area contributed by atoms with Crippen LogP contribution in [0.3, 0.4) is 0 Å². The van der Waals surface area contributed by atoms with Crippen LogP contribution < -0.4 is 24.2 Å². The van der Waals surface area contributed by atoms with Crippen molar-refractivity contribution >= 4 is 51.9 Å². The number of aromatic carboxylic acids is 1. The van der Waals surface area contributed by atoms with Crippen molar-refractivity contribution in [1.82, 2.24) is 0 Å². The van der Waals surface area contributed by atoms with Crippen molar-refractivity contribution in [3.05, 3.63) is 52.4 Å². The number of carbonyl (C=O) groups excluding carboxylic acids is 2. The zero-order valence-electron chi connectivity index (χ0n) is 16.5. The lowest BCUT2D eigenvalue weighted by molar-refractivity contribution is -0.255. The highest BCUT2D eigenvalue weighted by Gasteiger charge is 2.33. The third-order valence-electron chi connectivity index (χ3n) is 4.27. The maximum Gasteiger partial charge on any atom is 0.270 e. The van der Waals surface area contributed by atoms with E-state index < -0.39 is 5.97 Å². The molecule has 1 aliphatic rings. The Morgan fingerprint density at radius 2 is 1.87 bits per heavy atom. The van der Waals surface area contributed by atoms with Gasteiger partial charge in [-0.2, -0.15) is 0 Å². The molecule has 1 aliphatic heterocycles. The van der Waals surface area contributed by atoms with E-state index in [1.807, 2.05) is 6.92 Å². The fourth-order valence-electron chi connectivity index (χ4n) is 2.96. The van der Waals surface area contributed by atoms with Crippen molar-refractivity contribution in [2.24, 2.45) is 0 Å². The average molecular weight is 445 g/mol. The van der Waals surface area contributed by atoms with Gasteiger partial charge in [-0.15, -0.1) is 0 Å². The lowest BCUT2D eigenvalue weighted by Crippen LogP contribution is -2.27. The van der Waals surface area contributed by atoms with Crippen LogP contribution in [0.4, 0.5) is 5.69 Å². The molecule has 30 heavy (non-hydrogen) atoms. The third-order valence-corrected chi connectivity index (χ3v) is 5.57. The van der Waals surface area contributed by atoms with Crippen molar-refractivity contribution in [2.75, 3.05) is 25.7 Å². The molecular formula is C21H18NO6S2-. The summed E-state index contributed by atoms with van der Waals surface area (Å²) in [5, 5.41) is 11.7. The Balaban J connectivity index is 1.99. The molecule has 0 atom stereocenters. The Hall–Kier alpha value is -3.04. The fraction of sp³-hybridized carbons (Fsp3) is 0.190. The number of hydrogen-bond acceptors (Lipinski definition) is 8. The molecule has 0 N–H and O–H groups in total. The van der Waals surface area contributed by atoms with Gasteiger partial charge in [-0.25, -0.2) is 0 Å². The van der Waals surface area contributed by atoms with Gasteiger partial charge < -0.3 is 24.1 Å². The number of carboxylic acid groups (broad SMARTS) is 1. The number of thioether (sulfide) groups is 1. The Morgan fingerprint density at radius 1 is 1.17 bits per heavy atom. The zero-order valence-corrected chi connectivity index (χ0v) is 18.1. The first kappa shape index (κ1) is 21.7. The van der Waals surface area contributed by atoms with Gasteiger partial charge in [-0.3, -0.25) is 9.69 Å². The van der Waals surface area contributed by atoms with E-state index >= 15 is 0 Å². The van der Waals surface area contributed by atoms with E-state index in [1.54, 1.807) is 30.3 Å². The van der Waals surface area contributed by atoms with Crippen molar-refractivity contribution < 1.29 is 28.9 Å². The predicted octanol–water partition coefficient (Wildman–Crippen LogP) is 2.87. The maximum atomic E-state index is 13.0. The average Bonchev–Trinajstić information content (AvgIpc) is 3.01. The lowest BCUT2D eigenvalue weighted by Gasteiger charge is -2.16. The molecule has 0 bridgehead atoms. The minimum atomic E-state index is -1.45. The number of nitrogens with zero attached hydrogens (tertiary/aromatic N) is 1. The molecule has 2 aromatic rings. The number of amides is 1. The number of ether oxygens (including phenoxy) is 3. The number of carbonyl (C=O) groups is 2. The standard InChI is InChI=1S/C21H19NO6S2/c1-4-28-14-8-6-13(7-9-14)22-19(23)16(30-21(22)29)11-12-5-10-15(26-2)18(27-3)17(12)20(24)25/h5-11H,4H2,1-3H3,(H,24,25)/p-1/b16-11-. The van der Waals surface area contributed by atoms with Crippen molar-refractivity contribution in [1.29, 1.82) is 0 Å². The highest BCUT2D eigenvalue weighted by atomic mass is 32.2.